The Morgan fingerprint density at radius 3 is 2.40 bits per heavy atom. The van der Waals surface area contributed by atoms with Gasteiger partial charge in [-0.05, 0) is 41.5 Å². The number of nitrogens with zero attached hydrogens (tertiary/aromatic N) is 3. The molecule has 2 atom stereocenters. The zero-order chi connectivity index (χ0) is 24.7. The Morgan fingerprint density at radius 1 is 0.971 bits per heavy atom. The number of hydrogen-bond acceptors (Lipinski definition) is 5. The SMILES string of the molecule is O=C1c2cc(-c3nnc(C(F)F)o3)ccc2CN1[C@H](c1ccccc1F)[C@@H](O)c1ccc(F)cc1. The maximum atomic E-state index is 14.8. The van der Waals surface area contributed by atoms with E-state index in [4.69, 9.17) is 4.42 Å². The van der Waals surface area contributed by atoms with Gasteiger partial charge in [0, 0.05) is 23.2 Å². The van der Waals surface area contributed by atoms with Crippen molar-refractivity contribution in [1.29, 1.82) is 0 Å². The fourth-order valence-corrected chi connectivity index (χ4v) is 4.19. The highest BCUT2D eigenvalue weighted by molar-refractivity contribution is 5.99. The normalized spacial score (nSPS) is 14.9. The van der Waals surface area contributed by atoms with E-state index in [1.54, 1.807) is 18.2 Å². The molecule has 0 spiro atoms. The van der Waals surface area contributed by atoms with E-state index >= 15 is 0 Å². The summed E-state index contributed by atoms with van der Waals surface area (Å²) in [4.78, 5) is 14.8. The molecule has 4 aromatic rings. The summed E-state index contributed by atoms with van der Waals surface area (Å²) >= 11 is 0. The highest BCUT2D eigenvalue weighted by Crippen LogP contribution is 2.41. The molecule has 0 unspecified atom stereocenters. The van der Waals surface area contributed by atoms with Gasteiger partial charge in [-0.15, -0.1) is 10.2 Å². The number of benzene rings is 3. The van der Waals surface area contributed by atoms with Gasteiger partial charge in [0.2, 0.25) is 5.89 Å². The van der Waals surface area contributed by atoms with Crippen molar-refractivity contribution < 1.29 is 31.9 Å². The van der Waals surface area contributed by atoms with Gasteiger partial charge >= 0.3 is 6.43 Å². The van der Waals surface area contributed by atoms with Gasteiger partial charge < -0.3 is 14.4 Å². The van der Waals surface area contributed by atoms with Crippen LogP contribution in [0.3, 0.4) is 0 Å². The molecule has 6 nitrogen and oxygen atoms in total. The van der Waals surface area contributed by atoms with Gasteiger partial charge in [-0.2, -0.15) is 8.78 Å². The van der Waals surface area contributed by atoms with Crippen LogP contribution in [0, 0.1) is 11.6 Å². The number of hydrogen-bond donors (Lipinski definition) is 1. The summed E-state index contributed by atoms with van der Waals surface area (Å²) in [5.41, 5.74) is 1.46. The first kappa shape index (κ1) is 22.7. The van der Waals surface area contributed by atoms with E-state index in [0.717, 1.165) is 0 Å². The lowest BCUT2D eigenvalue weighted by atomic mass is 9.94. The first-order valence-electron chi connectivity index (χ1n) is 10.6. The lowest BCUT2D eigenvalue weighted by Gasteiger charge is -2.32. The second kappa shape index (κ2) is 8.95. The van der Waals surface area contributed by atoms with E-state index in [1.165, 1.54) is 53.4 Å². The molecule has 1 aromatic heterocycles. The topological polar surface area (TPSA) is 79.5 Å². The molecule has 0 radical (unpaired) electrons. The molecule has 1 amide bonds. The van der Waals surface area contributed by atoms with Crippen molar-refractivity contribution in [3.8, 4) is 11.5 Å². The van der Waals surface area contributed by atoms with Crippen LogP contribution >= 0.6 is 0 Å². The molecule has 0 saturated carbocycles. The number of rotatable bonds is 6. The fraction of sp³-hybridized carbons (Fsp3) is 0.160. The third kappa shape index (κ3) is 4.17. The van der Waals surface area contributed by atoms with Crippen LogP contribution in [0.4, 0.5) is 17.6 Å². The first-order chi connectivity index (χ1) is 16.8. The predicted octanol–water partition coefficient (Wildman–Crippen LogP) is 5.38. The Morgan fingerprint density at radius 2 is 1.71 bits per heavy atom. The van der Waals surface area contributed by atoms with Crippen LogP contribution in [0.5, 0.6) is 0 Å². The van der Waals surface area contributed by atoms with Crippen LogP contribution in [-0.2, 0) is 6.54 Å². The molecule has 178 valence electrons. The van der Waals surface area contributed by atoms with E-state index in [2.05, 4.69) is 10.2 Å². The third-order valence-corrected chi connectivity index (χ3v) is 5.89. The average Bonchev–Trinajstić information content (AvgIpc) is 3.47. The summed E-state index contributed by atoms with van der Waals surface area (Å²) < 4.78 is 58.9. The van der Waals surface area contributed by atoms with Gasteiger partial charge in [-0.1, -0.05) is 36.4 Å². The van der Waals surface area contributed by atoms with E-state index in [9.17, 15) is 27.5 Å². The number of carbonyl (C=O) groups excluding carboxylic acids is 1. The molecule has 5 rings (SSSR count). The molecule has 0 aliphatic carbocycles. The molecule has 3 aromatic carbocycles. The predicted molar refractivity (Wildman–Crippen MR) is 115 cm³/mol. The number of amides is 1. The van der Waals surface area contributed by atoms with Crippen LogP contribution in [0.15, 0.2) is 71.1 Å². The Kier molecular flexibility index (Phi) is 5.81. The minimum absolute atomic E-state index is 0.0534. The molecule has 2 heterocycles. The van der Waals surface area contributed by atoms with Gasteiger partial charge in [-0.3, -0.25) is 4.79 Å². The smallest absolute Gasteiger partial charge is 0.314 e. The van der Waals surface area contributed by atoms with Gasteiger partial charge in [0.25, 0.3) is 11.8 Å². The number of carbonyl (C=O) groups is 1. The van der Waals surface area contributed by atoms with Gasteiger partial charge in [0.1, 0.15) is 17.7 Å². The molecule has 1 aliphatic heterocycles. The Labute approximate surface area is 196 Å². The molecular formula is C25H17F4N3O3. The molecule has 0 bridgehead atoms. The summed E-state index contributed by atoms with van der Waals surface area (Å²) in [6.07, 6.45) is -4.30. The summed E-state index contributed by atoms with van der Waals surface area (Å²) in [7, 11) is 0. The molecule has 0 fully saturated rings. The average molecular weight is 483 g/mol. The number of fused-ring (bicyclic) bond motifs is 1. The first-order valence-corrected chi connectivity index (χ1v) is 10.6. The minimum atomic E-state index is -2.93. The summed E-state index contributed by atoms with van der Waals surface area (Å²) in [5, 5.41) is 18.1. The third-order valence-electron chi connectivity index (χ3n) is 5.89. The monoisotopic (exact) mass is 483 g/mol. The second-order valence-corrected chi connectivity index (χ2v) is 8.01. The van der Waals surface area contributed by atoms with Crippen LogP contribution in [0.25, 0.3) is 11.5 Å². The van der Waals surface area contributed by atoms with E-state index < -0.39 is 42.0 Å². The zero-order valence-corrected chi connectivity index (χ0v) is 17.9. The van der Waals surface area contributed by atoms with Gasteiger partial charge in [0.05, 0.1) is 6.04 Å². The molecule has 1 N–H and O–H groups in total. The van der Waals surface area contributed by atoms with Gasteiger partial charge in [-0.25, -0.2) is 8.78 Å². The number of alkyl halides is 2. The van der Waals surface area contributed by atoms with Crippen molar-refractivity contribution in [2.45, 2.75) is 25.1 Å². The summed E-state index contributed by atoms with van der Waals surface area (Å²) in [5.74, 6) is -2.64. The van der Waals surface area contributed by atoms with Crippen LogP contribution in [0.1, 0.15) is 51.5 Å². The summed E-state index contributed by atoms with van der Waals surface area (Å²) in [6.45, 7) is 0.0534. The van der Waals surface area contributed by atoms with Crippen LogP contribution in [0.2, 0.25) is 0 Å². The number of halogens is 4. The van der Waals surface area contributed by atoms with E-state index in [-0.39, 0.29) is 29.1 Å². The van der Waals surface area contributed by atoms with Crippen molar-refractivity contribution in [3.05, 3.63) is 107 Å². The van der Waals surface area contributed by atoms with Crippen molar-refractivity contribution in [2.75, 3.05) is 0 Å². The molecular weight excluding hydrogens is 466 g/mol. The van der Waals surface area contributed by atoms with Crippen LogP contribution in [-0.4, -0.2) is 26.1 Å². The van der Waals surface area contributed by atoms with Crippen molar-refractivity contribution in [2.24, 2.45) is 0 Å². The lowest BCUT2D eigenvalue weighted by Crippen LogP contribution is -2.34. The lowest BCUT2D eigenvalue weighted by molar-refractivity contribution is 0.0349. The highest BCUT2D eigenvalue weighted by Gasteiger charge is 2.39. The zero-order valence-electron chi connectivity index (χ0n) is 17.9. The van der Waals surface area contributed by atoms with Crippen molar-refractivity contribution >= 4 is 5.91 Å². The highest BCUT2D eigenvalue weighted by atomic mass is 19.3. The standard InChI is InChI=1S/C25H17F4N3O3/c26-16-9-7-13(8-10-16)21(33)20(17-3-1-2-4-19(17)27)32-12-15-6-5-14(11-18(15)25(32)34)23-30-31-24(35-23)22(28)29/h1-11,20-22,33H,12H2/t20-,21+/m1/s1. The molecule has 1 aliphatic rings. The Balaban J connectivity index is 1.53. The maximum Gasteiger partial charge on any atom is 0.314 e. The summed E-state index contributed by atoms with van der Waals surface area (Å²) in [6, 6.07) is 14.3. The van der Waals surface area contributed by atoms with Gasteiger partial charge in [0.15, 0.2) is 0 Å². The minimum Gasteiger partial charge on any atom is -0.415 e. The molecule has 35 heavy (non-hydrogen) atoms. The quantitative estimate of drug-likeness (QED) is 0.373. The molecule has 0 saturated heterocycles. The Bertz CT molecular complexity index is 1390. The number of aliphatic hydroxyl groups excluding tert-OH is 1. The maximum absolute atomic E-state index is 14.8. The number of aromatic nitrogens is 2. The largest absolute Gasteiger partial charge is 0.415 e. The van der Waals surface area contributed by atoms with E-state index in [0.29, 0.717) is 11.1 Å². The van der Waals surface area contributed by atoms with Crippen molar-refractivity contribution in [3.63, 3.8) is 0 Å². The van der Waals surface area contributed by atoms with E-state index in [1.807, 2.05) is 0 Å². The van der Waals surface area contributed by atoms with Crippen molar-refractivity contribution in [1.82, 2.24) is 15.1 Å². The fourth-order valence-electron chi connectivity index (χ4n) is 4.19. The Hall–Kier alpha value is -4.05. The molecule has 10 heteroatoms. The number of aliphatic hydroxyl groups is 1. The van der Waals surface area contributed by atoms with Crippen LogP contribution < -0.4 is 0 Å². The second-order valence-electron chi connectivity index (χ2n) is 8.01.